The van der Waals surface area contributed by atoms with E-state index in [1.807, 2.05) is 76.8 Å². The van der Waals surface area contributed by atoms with Gasteiger partial charge in [0, 0.05) is 94.8 Å². The fraction of sp³-hybridized carbons (Fsp3) is 0.769. The minimum absolute atomic E-state index is 0.0251. The third-order valence-corrected chi connectivity index (χ3v) is 28.2. The number of hydrogen-bond donors (Lipinski definition) is 13. The highest BCUT2D eigenvalue weighted by Gasteiger charge is 2.52. The number of fused-ring (bicyclic) bond motifs is 1. The normalized spacial score (nSPS) is 34.2. The first-order valence-corrected chi connectivity index (χ1v) is 52.6. The number of halogens is 3. The van der Waals surface area contributed by atoms with Crippen molar-refractivity contribution >= 4 is 41.0 Å². The number of ether oxygens (including phenoxy) is 9. The van der Waals surface area contributed by atoms with Gasteiger partial charge in [0.15, 0.2) is 5.60 Å². The third kappa shape index (κ3) is 55.9. The van der Waals surface area contributed by atoms with Crippen LogP contribution in [0.1, 0.15) is 301 Å². The number of urea groups is 1. The van der Waals surface area contributed by atoms with Crippen LogP contribution < -0.4 is 21.4 Å². The Kier molecular flexibility index (Phi) is 67.9. The molecule has 7 aliphatic rings. The van der Waals surface area contributed by atoms with E-state index in [0.717, 1.165) is 196 Å². The van der Waals surface area contributed by atoms with Crippen molar-refractivity contribution in [3.05, 3.63) is 119 Å². The quantitative estimate of drug-likeness (QED) is 0.0126. The highest BCUT2D eigenvalue weighted by molar-refractivity contribution is 8.00. The Morgan fingerprint density at radius 2 is 0.842 bits per heavy atom. The van der Waals surface area contributed by atoms with Crippen molar-refractivity contribution in [2.45, 2.75) is 403 Å². The van der Waals surface area contributed by atoms with Crippen LogP contribution in [0, 0.1) is 29.6 Å². The lowest BCUT2D eigenvalue weighted by Gasteiger charge is -2.31. The fourth-order valence-electron chi connectivity index (χ4n) is 17.6. The molecule has 0 radical (unpaired) electrons. The summed E-state index contributed by atoms with van der Waals surface area (Å²) in [5, 5.41) is 109. The van der Waals surface area contributed by atoms with Gasteiger partial charge in [0.1, 0.15) is 30.5 Å². The molecule has 2 fully saturated rings. The standard InChI is InChI=1S/C38H65N5O9S.C18H29F3O3.C18H32O3.C17H29NO3.C17H30O3/c1-28-14-15-30(10-6-4-5-7-11-32(48-3)37(46)29(2)26-28)42-43-35(45)16-18-49-20-22-51-24-25-52-23-21-50-19-17-39-34(44)13-9-8-12-33-36-31(27-53-33)40-38(47)41-36;1-13-9-11-17(23,18(19,20)21)10-7-5-4-6-8-15(24-3)16(22)14(2)12-13;1-14-10-12-18(3,20)11-8-6-5-7-9-16(21-4)17(19)15(2)13-14;1-13-10-11-15(18-20)8-6-4-5-7-9-16(21-3)17(19)14(2)12-13;1-13-10-11-15(18)8-6-4-5-7-9-16(20-3)17(19)14(2)12-13/h7,11,26,29,31-33,36-37,46H,4-6,8-10,12-25,27H2,1-3H3,(H,39,44)(H,43,45)(H2,40,41,47);6,8,12,14-16,22-23H,4-5,7,9-11H2,1-3H3;7,9,13,15-17,19-20H,5-6,8,10-12H2,1-4H3;7,9,12,14,16-17,19-20H,4-6,8,10-11H2,1-3H3;7,9,12,14-19H,4-6,8,10-11H2,1-3H3/b11-7+,28-26-,42-30?;8-6+,13-12-;9-7+,14-13-;9-7+,13-12-,18-15?;9-7+,13-12-/t29?,31?,32-,33?,36?,37-;14?,15-,16-,17?;15?,16-,17-,18?;14?,16-,17-;14?,15?,16-,17-/m00000/s1. The first-order chi connectivity index (χ1) is 66.3. The zero-order chi connectivity index (χ0) is 103. The first kappa shape index (κ1) is 127. The van der Waals surface area contributed by atoms with E-state index in [2.05, 4.69) is 108 Å². The Hall–Kier alpha value is -5.79. The second kappa shape index (κ2) is 74.1. The van der Waals surface area contributed by atoms with Crippen LogP contribution in [0.2, 0.25) is 0 Å². The van der Waals surface area contributed by atoms with Gasteiger partial charge in [-0.2, -0.15) is 30.0 Å². The van der Waals surface area contributed by atoms with E-state index in [1.165, 1.54) is 29.4 Å². The van der Waals surface area contributed by atoms with Crippen LogP contribution in [0.15, 0.2) is 129 Å². The van der Waals surface area contributed by atoms with Gasteiger partial charge in [-0.25, -0.2) is 10.2 Å². The molecule has 2 saturated heterocycles. The Balaban J connectivity index is 0.000000484. The van der Waals surface area contributed by atoms with Crippen LogP contribution in [-0.2, 0) is 52.2 Å². The average molecular weight is 1990 g/mol. The number of alkyl halides is 3. The fourth-order valence-corrected chi connectivity index (χ4v) is 19.1. The smallest absolute Gasteiger partial charge is 0.411 e. The number of nitrogens with zero attached hydrogens (tertiary/aromatic N) is 2. The van der Waals surface area contributed by atoms with Gasteiger partial charge in [0.05, 0.1) is 119 Å². The minimum Gasteiger partial charge on any atom is -0.411 e. The molecule has 21 atom stereocenters. The number of thioether (sulfide) groups is 1. The van der Waals surface area contributed by atoms with Crippen LogP contribution in [0.4, 0.5) is 18.0 Å². The van der Waals surface area contributed by atoms with E-state index < -0.39 is 54.0 Å². The van der Waals surface area contributed by atoms with E-state index in [4.69, 9.17) is 47.8 Å². The SMILES string of the molecule is CO[C@H]1/C=C/CCCCC(=NNC(=O)CCOCCOCCOCCOCCNC(=O)CCCCC2SCC3NC(=O)NC32)CC/C(C)=C\C(C)[C@@H]1O.CO[C@H]1/C=C/CCCCC(=NO)CC/C(C)=C\C(C)[C@@H]1O.CO[C@H]1/C=C/CCCCC(C)(O)CC/C(C)=C\C(C)[C@@H]1O.CO[C@H]1/C=C/CCCCC(O)(C(F)(F)F)CC/C(C)=C\C(C)[C@@H]1O.CO[C@H]1/C=C/CCCCC(O)CC/C(C)=C\C(C)[C@@H]1O. The molecule has 0 aromatic carbocycles. The number of hydrazone groups is 1. The molecule has 800 valence electrons. The number of oxime groups is 1. The number of nitrogens with one attached hydrogen (secondary N) is 4. The summed E-state index contributed by atoms with van der Waals surface area (Å²) in [5.41, 5.74) is 6.86. The van der Waals surface area contributed by atoms with E-state index in [1.54, 1.807) is 54.4 Å². The average Bonchev–Trinajstić information content (AvgIpc) is 1.78. The molecule has 31 heteroatoms. The van der Waals surface area contributed by atoms with Crippen molar-refractivity contribution in [2.75, 3.05) is 101 Å². The van der Waals surface area contributed by atoms with Gasteiger partial charge >= 0.3 is 12.2 Å². The maximum atomic E-state index is 13.2. The molecular weight excluding hydrogens is 1810 g/mol. The maximum Gasteiger partial charge on any atom is 0.417 e. The summed E-state index contributed by atoms with van der Waals surface area (Å²) in [6, 6.07) is 0.389. The molecule has 0 bridgehead atoms. The minimum atomic E-state index is -4.63. The number of amides is 4. The van der Waals surface area contributed by atoms with Gasteiger partial charge in [-0.1, -0.05) is 178 Å². The maximum absolute atomic E-state index is 13.2. The third-order valence-electron chi connectivity index (χ3n) is 26.7. The van der Waals surface area contributed by atoms with E-state index in [-0.39, 0.29) is 122 Å². The summed E-state index contributed by atoms with van der Waals surface area (Å²) < 4.78 is 88.7. The number of carbonyl (C=O) groups excluding carboxylic acids is 3. The lowest BCUT2D eigenvalue weighted by atomic mass is 9.87. The Morgan fingerprint density at radius 1 is 0.453 bits per heavy atom. The molecule has 139 heavy (non-hydrogen) atoms. The first-order valence-electron chi connectivity index (χ1n) is 51.6. The molecule has 13 N–H and O–H groups in total. The predicted molar refractivity (Wildman–Crippen MR) is 550 cm³/mol. The predicted octanol–water partition coefficient (Wildman–Crippen LogP) is 18.3. The number of allylic oxidation sites excluding steroid dienone is 10. The van der Waals surface area contributed by atoms with Crippen molar-refractivity contribution in [3.8, 4) is 0 Å². The summed E-state index contributed by atoms with van der Waals surface area (Å²) in [5.74, 6) is 0.602. The van der Waals surface area contributed by atoms with E-state index in [9.17, 15) is 68.4 Å². The van der Waals surface area contributed by atoms with Gasteiger partial charge in [0.25, 0.3) is 0 Å². The lowest BCUT2D eigenvalue weighted by molar-refractivity contribution is -0.265. The molecule has 0 spiro atoms. The molecule has 7 rings (SSSR count). The molecular formula is C108H185F3N6O21S. The number of aliphatic hydroxyl groups is 8. The van der Waals surface area contributed by atoms with Crippen molar-refractivity contribution < 1.29 is 116 Å². The van der Waals surface area contributed by atoms with Gasteiger partial charge in [-0.05, 0) is 234 Å². The summed E-state index contributed by atoms with van der Waals surface area (Å²) in [6.45, 7) is 25.5. The van der Waals surface area contributed by atoms with Crippen LogP contribution >= 0.6 is 11.8 Å². The number of aliphatic hydroxyl groups excluding tert-OH is 6. The topological polar surface area (TPSA) is 389 Å². The summed E-state index contributed by atoms with van der Waals surface area (Å²) in [4.78, 5) is 35.9. The summed E-state index contributed by atoms with van der Waals surface area (Å²) in [6.07, 6.45) is 46.9. The Bertz CT molecular complexity index is 3720. The molecule has 0 aromatic rings. The van der Waals surface area contributed by atoms with Crippen molar-refractivity contribution in [2.24, 2.45) is 39.8 Å². The second-order valence-corrected chi connectivity index (χ2v) is 40.5. The molecule has 11 unspecified atom stereocenters. The van der Waals surface area contributed by atoms with Crippen molar-refractivity contribution in [1.82, 2.24) is 21.4 Å². The molecule has 2 heterocycles. The van der Waals surface area contributed by atoms with Gasteiger partial charge in [-0.3, -0.25) is 9.59 Å². The van der Waals surface area contributed by atoms with Gasteiger partial charge in [-0.15, -0.1) is 0 Å². The monoisotopic (exact) mass is 1990 g/mol. The van der Waals surface area contributed by atoms with Crippen LogP contribution in [0.5, 0.6) is 0 Å². The Labute approximate surface area is 836 Å². The van der Waals surface area contributed by atoms with Gasteiger partial charge < -0.3 is 105 Å². The molecule has 0 aromatic heterocycles. The second-order valence-electron chi connectivity index (χ2n) is 39.2. The van der Waals surface area contributed by atoms with Crippen LogP contribution in [-0.4, -0.2) is 278 Å². The molecule has 27 nitrogen and oxygen atoms in total. The largest absolute Gasteiger partial charge is 0.417 e. The lowest BCUT2D eigenvalue weighted by Crippen LogP contribution is -2.45. The number of methoxy groups -OCH3 is 5. The number of hydrogen-bond acceptors (Lipinski definition) is 24. The van der Waals surface area contributed by atoms with E-state index >= 15 is 0 Å². The summed E-state index contributed by atoms with van der Waals surface area (Å²) in [7, 11) is 8.06. The van der Waals surface area contributed by atoms with Crippen molar-refractivity contribution in [3.63, 3.8) is 0 Å². The molecule has 5 aliphatic carbocycles. The Morgan fingerprint density at radius 3 is 1.28 bits per heavy atom. The van der Waals surface area contributed by atoms with Crippen molar-refractivity contribution in [1.29, 1.82) is 0 Å². The molecule has 0 saturated carbocycles. The number of rotatable bonds is 26. The van der Waals surface area contributed by atoms with E-state index in [0.29, 0.717) is 83.7 Å². The number of unbranched alkanes of at least 4 members (excludes halogenated alkanes) is 1. The summed E-state index contributed by atoms with van der Waals surface area (Å²) >= 11 is 1.90. The highest BCUT2D eigenvalue weighted by Crippen LogP contribution is 2.40. The van der Waals surface area contributed by atoms with Gasteiger partial charge in [0.2, 0.25) is 11.8 Å². The van der Waals surface area contributed by atoms with Crippen LogP contribution in [0.25, 0.3) is 0 Å². The zero-order valence-electron chi connectivity index (χ0n) is 87.3. The molecule has 2 aliphatic heterocycles. The van der Waals surface area contributed by atoms with Crippen LogP contribution in [0.3, 0.4) is 0 Å². The highest BCUT2D eigenvalue weighted by atomic mass is 32.2. The number of carbonyl (C=O) groups is 3. The zero-order valence-corrected chi connectivity index (χ0v) is 88.1. The molecule has 4 amide bonds.